The third kappa shape index (κ3) is 6.27. The number of nitrogens with one attached hydrogen (secondary N) is 2. The Hall–Kier alpha value is -2.55. The number of carboxylic acids is 1. The maximum Gasteiger partial charge on any atom is 0.335 e. The van der Waals surface area contributed by atoms with Crippen LogP contribution in [0.2, 0.25) is 0 Å². The Morgan fingerprint density at radius 1 is 1.23 bits per heavy atom. The first-order valence-electron chi connectivity index (χ1n) is 7.05. The van der Waals surface area contributed by atoms with Gasteiger partial charge >= 0.3 is 12.0 Å². The molecule has 0 aliphatic rings. The molecule has 0 spiro atoms. The molecule has 6 heteroatoms. The molecule has 0 saturated heterocycles. The van der Waals surface area contributed by atoms with Crippen LogP contribution in [0.1, 0.15) is 42.6 Å². The highest BCUT2D eigenvalue weighted by atomic mass is 16.4. The minimum Gasteiger partial charge on any atom is -0.478 e. The van der Waals surface area contributed by atoms with Crippen molar-refractivity contribution in [2.24, 2.45) is 5.41 Å². The summed E-state index contributed by atoms with van der Waals surface area (Å²) >= 11 is 0. The van der Waals surface area contributed by atoms with Crippen molar-refractivity contribution < 1.29 is 14.7 Å². The Kier molecular flexibility index (Phi) is 6.39. The van der Waals surface area contributed by atoms with Crippen LogP contribution in [0, 0.1) is 16.7 Å². The highest BCUT2D eigenvalue weighted by molar-refractivity contribution is 5.87. The molecule has 0 aromatic heterocycles. The molecule has 1 rings (SSSR count). The van der Waals surface area contributed by atoms with Gasteiger partial charge in [0.1, 0.15) is 0 Å². The van der Waals surface area contributed by atoms with Crippen molar-refractivity contribution in [3.63, 3.8) is 0 Å². The SMILES string of the molecule is CC(C)(CCC#N)CNC(=O)NCc1ccc(C(=O)O)cc1. The summed E-state index contributed by atoms with van der Waals surface area (Å²) in [6.07, 6.45) is 1.19. The fraction of sp³-hybridized carbons (Fsp3) is 0.438. The highest BCUT2D eigenvalue weighted by Crippen LogP contribution is 2.20. The molecule has 0 heterocycles. The molecule has 0 bridgehead atoms. The average Bonchev–Trinajstić information content (AvgIpc) is 2.49. The number of hydrogen-bond donors (Lipinski definition) is 3. The van der Waals surface area contributed by atoms with Gasteiger partial charge in [-0.15, -0.1) is 0 Å². The van der Waals surface area contributed by atoms with Gasteiger partial charge in [-0.2, -0.15) is 5.26 Å². The normalized spacial score (nSPS) is 10.6. The van der Waals surface area contributed by atoms with Crippen LogP contribution in [0.4, 0.5) is 4.79 Å². The smallest absolute Gasteiger partial charge is 0.335 e. The van der Waals surface area contributed by atoms with E-state index in [0.29, 0.717) is 19.5 Å². The monoisotopic (exact) mass is 303 g/mol. The van der Waals surface area contributed by atoms with Gasteiger partial charge in [-0.3, -0.25) is 0 Å². The molecule has 0 aliphatic carbocycles. The lowest BCUT2D eigenvalue weighted by molar-refractivity contribution is 0.0697. The van der Waals surface area contributed by atoms with Gasteiger partial charge in [0, 0.05) is 19.5 Å². The summed E-state index contributed by atoms with van der Waals surface area (Å²) in [5.41, 5.74) is 0.910. The molecule has 0 saturated carbocycles. The number of hydrogen-bond acceptors (Lipinski definition) is 3. The van der Waals surface area contributed by atoms with Gasteiger partial charge < -0.3 is 15.7 Å². The van der Waals surface area contributed by atoms with Gasteiger partial charge in [0.25, 0.3) is 0 Å². The maximum absolute atomic E-state index is 11.7. The van der Waals surface area contributed by atoms with Crippen LogP contribution in [-0.2, 0) is 6.54 Å². The fourth-order valence-corrected chi connectivity index (χ4v) is 1.81. The van der Waals surface area contributed by atoms with Gasteiger partial charge in [-0.25, -0.2) is 9.59 Å². The van der Waals surface area contributed by atoms with E-state index < -0.39 is 5.97 Å². The first kappa shape index (κ1) is 17.5. The van der Waals surface area contributed by atoms with Gasteiger partial charge in [-0.1, -0.05) is 26.0 Å². The molecule has 3 N–H and O–H groups in total. The molecular formula is C16H21N3O3. The van der Waals surface area contributed by atoms with E-state index in [1.807, 2.05) is 13.8 Å². The van der Waals surface area contributed by atoms with E-state index in [4.69, 9.17) is 10.4 Å². The zero-order valence-corrected chi connectivity index (χ0v) is 12.8. The number of urea groups is 1. The Labute approximate surface area is 130 Å². The first-order chi connectivity index (χ1) is 10.3. The van der Waals surface area contributed by atoms with Crippen LogP contribution in [0.5, 0.6) is 0 Å². The van der Waals surface area contributed by atoms with E-state index in [-0.39, 0.29) is 17.0 Å². The number of amides is 2. The predicted octanol–water partition coefficient (Wildman–Crippen LogP) is 2.51. The van der Waals surface area contributed by atoms with E-state index in [2.05, 4.69) is 16.7 Å². The molecule has 0 aliphatic heterocycles. The van der Waals surface area contributed by atoms with Crippen LogP contribution in [0.15, 0.2) is 24.3 Å². The van der Waals surface area contributed by atoms with E-state index in [0.717, 1.165) is 12.0 Å². The molecule has 0 radical (unpaired) electrons. The summed E-state index contributed by atoms with van der Waals surface area (Å²) in [5, 5.41) is 22.9. The van der Waals surface area contributed by atoms with Crippen molar-refractivity contribution in [2.45, 2.75) is 33.2 Å². The molecular weight excluding hydrogens is 282 g/mol. The van der Waals surface area contributed by atoms with Crippen molar-refractivity contribution >= 4 is 12.0 Å². The average molecular weight is 303 g/mol. The minimum atomic E-state index is -0.975. The van der Waals surface area contributed by atoms with Crippen LogP contribution >= 0.6 is 0 Å². The Morgan fingerprint density at radius 2 is 1.86 bits per heavy atom. The van der Waals surface area contributed by atoms with Gasteiger partial charge in [0.2, 0.25) is 0 Å². The third-order valence-electron chi connectivity index (χ3n) is 3.30. The number of aromatic carboxylic acids is 1. The molecule has 0 unspecified atom stereocenters. The Morgan fingerprint density at radius 3 is 2.41 bits per heavy atom. The van der Waals surface area contributed by atoms with Crippen LogP contribution < -0.4 is 10.6 Å². The van der Waals surface area contributed by atoms with Crippen molar-refractivity contribution in [1.29, 1.82) is 5.26 Å². The van der Waals surface area contributed by atoms with Crippen molar-refractivity contribution in [3.05, 3.63) is 35.4 Å². The number of rotatable bonds is 7. The summed E-state index contributed by atoms with van der Waals surface area (Å²) in [7, 11) is 0. The zero-order valence-electron chi connectivity index (χ0n) is 12.8. The lowest BCUT2D eigenvalue weighted by Gasteiger charge is -2.23. The van der Waals surface area contributed by atoms with Gasteiger partial charge in [0.05, 0.1) is 11.6 Å². The lowest BCUT2D eigenvalue weighted by atomic mass is 9.88. The topological polar surface area (TPSA) is 102 Å². The van der Waals surface area contributed by atoms with Crippen LogP contribution in [0.3, 0.4) is 0 Å². The number of carboxylic acid groups (broad SMARTS) is 1. The Balaban J connectivity index is 2.37. The maximum atomic E-state index is 11.7. The molecule has 1 aromatic rings. The van der Waals surface area contributed by atoms with E-state index in [1.54, 1.807) is 12.1 Å². The fourth-order valence-electron chi connectivity index (χ4n) is 1.81. The highest BCUT2D eigenvalue weighted by Gasteiger charge is 2.18. The standard InChI is InChI=1S/C16H21N3O3/c1-16(2,8-3-9-17)11-19-15(22)18-10-12-4-6-13(7-5-12)14(20)21/h4-7H,3,8,10-11H2,1-2H3,(H,20,21)(H2,18,19,22). The number of carbonyl (C=O) groups is 2. The number of benzene rings is 1. The van der Waals surface area contributed by atoms with E-state index in [1.165, 1.54) is 12.1 Å². The summed E-state index contributed by atoms with van der Waals surface area (Å²) in [6.45, 7) is 4.80. The summed E-state index contributed by atoms with van der Waals surface area (Å²) in [6, 6.07) is 8.15. The zero-order chi connectivity index (χ0) is 16.6. The van der Waals surface area contributed by atoms with E-state index in [9.17, 15) is 9.59 Å². The van der Waals surface area contributed by atoms with Crippen molar-refractivity contribution in [3.8, 4) is 6.07 Å². The van der Waals surface area contributed by atoms with Gasteiger partial charge in [0.15, 0.2) is 0 Å². The minimum absolute atomic E-state index is 0.129. The molecule has 6 nitrogen and oxygen atoms in total. The first-order valence-corrected chi connectivity index (χ1v) is 7.05. The van der Waals surface area contributed by atoms with E-state index >= 15 is 0 Å². The van der Waals surface area contributed by atoms with Crippen LogP contribution in [-0.4, -0.2) is 23.7 Å². The predicted molar refractivity (Wildman–Crippen MR) is 82.3 cm³/mol. The summed E-state index contributed by atoms with van der Waals surface area (Å²) in [5.74, 6) is -0.975. The third-order valence-corrected chi connectivity index (χ3v) is 3.30. The second-order valence-corrected chi connectivity index (χ2v) is 5.86. The number of nitrogens with zero attached hydrogens (tertiary/aromatic N) is 1. The molecule has 1 aromatic carbocycles. The largest absolute Gasteiger partial charge is 0.478 e. The quantitative estimate of drug-likeness (QED) is 0.720. The van der Waals surface area contributed by atoms with Crippen molar-refractivity contribution in [2.75, 3.05) is 6.54 Å². The molecule has 0 fully saturated rings. The number of carbonyl (C=O) groups excluding carboxylic acids is 1. The molecule has 118 valence electrons. The van der Waals surface area contributed by atoms with Crippen LogP contribution in [0.25, 0.3) is 0 Å². The molecule has 0 atom stereocenters. The lowest BCUT2D eigenvalue weighted by Crippen LogP contribution is -2.40. The second-order valence-electron chi connectivity index (χ2n) is 5.86. The van der Waals surface area contributed by atoms with Crippen molar-refractivity contribution in [1.82, 2.24) is 10.6 Å². The number of nitriles is 1. The summed E-state index contributed by atoms with van der Waals surface area (Å²) < 4.78 is 0. The molecule has 22 heavy (non-hydrogen) atoms. The second kappa shape index (κ2) is 8.03. The molecule has 2 amide bonds. The van der Waals surface area contributed by atoms with Gasteiger partial charge in [-0.05, 0) is 29.5 Å². The summed E-state index contributed by atoms with van der Waals surface area (Å²) in [4.78, 5) is 22.5. The Bertz CT molecular complexity index is 559.